The van der Waals surface area contributed by atoms with Gasteiger partial charge in [-0.3, -0.25) is 4.79 Å². The van der Waals surface area contributed by atoms with Crippen molar-refractivity contribution in [3.8, 4) is 11.8 Å². The molecule has 1 aromatic rings. The van der Waals surface area contributed by atoms with Gasteiger partial charge in [0.1, 0.15) is 0 Å². The van der Waals surface area contributed by atoms with Gasteiger partial charge in [-0.15, -0.1) is 0 Å². The SMILES string of the molecule is CCOCCNC(=O)c1cc(C)cc(C#CCN)c1. The summed E-state index contributed by atoms with van der Waals surface area (Å²) >= 11 is 0. The molecule has 4 nitrogen and oxygen atoms in total. The lowest BCUT2D eigenvalue weighted by atomic mass is 10.1. The van der Waals surface area contributed by atoms with Gasteiger partial charge in [-0.1, -0.05) is 11.8 Å². The van der Waals surface area contributed by atoms with Crippen LogP contribution in [0.2, 0.25) is 0 Å². The van der Waals surface area contributed by atoms with E-state index >= 15 is 0 Å². The molecule has 0 aliphatic heterocycles. The van der Waals surface area contributed by atoms with Crippen molar-refractivity contribution >= 4 is 5.91 Å². The van der Waals surface area contributed by atoms with Gasteiger partial charge in [0.15, 0.2) is 0 Å². The number of carbonyl (C=O) groups is 1. The summed E-state index contributed by atoms with van der Waals surface area (Å²) in [4.78, 5) is 11.9. The molecule has 1 aromatic carbocycles. The number of aryl methyl sites for hydroxylation is 1. The first-order valence-corrected chi connectivity index (χ1v) is 6.34. The van der Waals surface area contributed by atoms with E-state index in [1.165, 1.54) is 0 Å². The van der Waals surface area contributed by atoms with Crippen molar-refractivity contribution < 1.29 is 9.53 Å². The van der Waals surface area contributed by atoms with E-state index in [-0.39, 0.29) is 5.91 Å². The number of nitrogens with one attached hydrogen (secondary N) is 1. The fraction of sp³-hybridized carbons (Fsp3) is 0.400. The van der Waals surface area contributed by atoms with Crippen LogP contribution >= 0.6 is 0 Å². The molecule has 0 fully saturated rings. The minimum atomic E-state index is -0.112. The van der Waals surface area contributed by atoms with Gasteiger partial charge in [-0.05, 0) is 37.6 Å². The van der Waals surface area contributed by atoms with Crippen LogP contribution < -0.4 is 11.1 Å². The molecule has 102 valence electrons. The van der Waals surface area contributed by atoms with Crippen molar-refractivity contribution in [1.29, 1.82) is 0 Å². The summed E-state index contributed by atoms with van der Waals surface area (Å²) in [6.45, 7) is 5.84. The van der Waals surface area contributed by atoms with Crippen LogP contribution in [0.5, 0.6) is 0 Å². The molecule has 0 radical (unpaired) electrons. The van der Waals surface area contributed by atoms with E-state index < -0.39 is 0 Å². The molecule has 0 aliphatic rings. The van der Waals surface area contributed by atoms with E-state index in [1.807, 2.05) is 26.0 Å². The Kier molecular flexibility index (Phi) is 6.65. The molecule has 0 heterocycles. The average Bonchev–Trinajstić information content (AvgIpc) is 2.40. The van der Waals surface area contributed by atoms with Gasteiger partial charge in [0.25, 0.3) is 5.91 Å². The fourth-order valence-corrected chi connectivity index (χ4v) is 1.62. The molecule has 4 heteroatoms. The second kappa shape index (κ2) is 8.30. The number of benzene rings is 1. The minimum Gasteiger partial charge on any atom is -0.380 e. The molecule has 0 aliphatic carbocycles. The maximum absolute atomic E-state index is 11.9. The molecule has 0 unspecified atom stereocenters. The summed E-state index contributed by atoms with van der Waals surface area (Å²) in [6.07, 6.45) is 0. The Balaban J connectivity index is 2.71. The number of rotatable bonds is 5. The zero-order valence-corrected chi connectivity index (χ0v) is 11.5. The predicted octanol–water partition coefficient (Wildman–Crippen LogP) is 1.07. The Bertz CT molecular complexity index is 487. The van der Waals surface area contributed by atoms with E-state index in [2.05, 4.69) is 17.2 Å². The van der Waals surface area contributed by atoms with Crippen LogP contribution in [-0.2, 0) is 4.74 Å². The number of hydrogen-bond acceptors (Lipinski definition) is 3. The van der Waals surface area contributed by atoms with Crippen LogP contribution in [0.4, 0.5) is 0 Å². The number of amides is 1. The zero-order valence-electron chi connectivity index (χ0n) is 11.5. The van der Waals surface area contributed by atoms with Crippen molar-refractivity contribution in [3.63, 3.8) is 0 Å². The lowest BCUT2D eigenvalue weighted by Crippen LogP contribution is -2.27. The normalized spacial score (nSPS) is 9.63. The highest BCUT2D eigenvalue weighted by Gasteiger charge is 2.06. The van der Waals surface area contributed by atoms with Gasteiger partial charge < -0.3 is 15.8 Å². The highest BCUT2D eigenvalue weighted by molar-refractivity contribution is 5.94. The van der Waals surface area contributed by atoms with Gasteiger partial charge in [-0.2, -0.15) is 0 Å². The molecular weight excluding hydrogens is 240 g/mol. The second-order valence-corrected chi connectivity index (χ2v) is 4.05. The van der Waals surface area contributed by atoms with Crippen LogP contribution in [0, 0.1) is 18.8 Å². The summed E-state index contributed by atoms with van der Waals surface area (Å²) < 4.78 is 5.17. The Morgan fingerprint density at radius 3 is 2.89 bits per heavy atom. The van der Waals surface area contributed by atoms with Crippen molar-refractivity contribution in [1.82, 2.24) is 5.32 Å². The van der Waals surface area contributed by atoms with Crippen molar-refractivity contribution in [2.24, 2.45) is 5.73 Å². The average molecular weight is 260 g/mol. The standard InChI is InChI=1S/C15H20N2O2/c1-3-19-8-7-17-15(18)14-10-12(2)9-13(11-14)5-4-6-16/h9-11H,3,6-8,16H2,1-2H3,(H,17,18). The quantitative estimate of drug-likeness (QED) is 0.615. The minimum absolute atomic E-state index is 0.112. The van der Waals surface area contributed by atoms with Gasteiger partial charge in [0.2, 0.25) is 0 Å². The van der Waals surface area contributed by atoms with Crippen molar-refractivity contribution in [2.75, 3.05) is 26.3 Å². The first kappa shape index (κ1) is 15.2. The maximum atomic E-state index is 11.9. The first-order chi connectivity index (χ1) is 9.17. The summed E-state index contributed by atoms with van der Waals surface area (Å²) in [5, 5.41) is 2.81. The number of hydrogen-bond donors (Lipinski definition) is 2. The highest BCUT2D eigenvalue weighted by atomic mass is 16.5. The Hall–Kier alpha value is -1.83. The Morgan fingerprint density at radius 2 is 2.21 bits per heavy atom. The predicted molar refractivity (Wildman–Crippen MR) is 75.9 cm³/mol. The van der Waals surface area contributed by atoms with Crippen LogP contribution in [0.15, 0.2) is 18.2 Å². The molecule has 0 spiro atoms. The van der Waals surface area contributed by atoms with Crippen molar-refractivity contribution in [3.05, 3.63) is 34.9 Å². The molecule has 19 heavy (non-hydrogen) atoms. The molecule has 0 saturated heterocycles. The molecule has 1 amide bonds. The van der Waals surface area contributed by atoms with Gasteiger partial charge in [-0.25, -0.2) is 0 Å². The largest absolute Gasteiger partial charge is 0.380 e. The smallest absolute Gasteiger partial charge is 0.251 e. The summed E-state index contributed by atoms with van der Waals surface area (Å²) in [7, 11) is 0. The lowest BCUT2D eigenvalue weighted by Gasteiger charge is -2.06. The summed E-state index contributed by atoms with van der Waals surface area (Å²) in [5.74, 6) is 5.61. The molecule has 0 aromatic heterocycles. The van der Waals surface area contributed by atoms with E-state index in [4.69, 9.17) is 10.5 Å². The lowest BCUT2D eigenvalue weighted by molar-refractivity contribution is 0.0922. The molecule has 0 bridgehead atoms. The van der Waals surface area contributed by atoms with E-state index in [9.17, 15) is 4.79 Å². The second-order valence-electron chi connectivity index (χ2n) is 4.05. The van der Waals surface area contributed by atoms with Crippen molar-refractivity contribution in [2.45, 2.75) is 13.8 Å². The Labute approximate surface area is 114 Å². The third kappa shape index (κ3) is 5.56. The van der Waals surface area contributed by atoms with Crippen LogP contribution in [0.3, 0.4) is 0 Å². The van der Waals surface area contributed by atoms with Gasteiger partial charge >= 0.3 is 0 Å². The summed E-state index contributed by atoms with van der Waals surface area (Å²) in [6, 6.07) is 5.54. The molecule has 3 N–H and O–H groups in total. The van der Waals surface area contributed by atoms with E-state index in [0.29, 0.717) is 31.9 Å². The third-order valence-electron chi connectivity index (χ3n) is 2.41. The van der Waals surface area contributed by atoms with Crippen LogP contribution in [-0.4, -0.2) is 32.2 Å². The van der Waals surface area contributed by atoms with Crippen LogP contribution in [0.25, 0.3) is 0 Å². The highest BCUT2D eigenvalue weighted by Crippen LogP contribution is 2.08. The topological polar surface area (TPSA) is 64.3 Å². The van der Waals surface area contributed by atoms with Gasteiger partial charge in [0, 0.05) is 24.3 Å². The molecular formula is C15H20N2O2. The maximum Gasteiger partial charge on any atom is 0.251 e. The van der Waals surface area contributed by atoms with E-state index in [1.54, 1.807) is 6.07 Å². The molecule has 1 rings (SSSR count). The zero-order chi connectivity index (χ0) is 14.1. The number of carbonyl (C=O) groups excluding carboxylic acids is 1. The van der Waals surface area contributed by atoms with Gasteiger partial charge in [0.05, 0.1) is 13.2 Å². The fourth-order valence-electron chi connectivity index (χ4n) is 1.62. The Morgan fingerprint density at radius 1 is 1.42 bits per heavy atom. The molecule has 0 saturated carbocycles. The number of nitrogens with two attached hydrogens (primary N) is 1. The number of ether oxygens (including phenoxy) is 1. The van der Waals surface area contributed by atoms with E-state index in [0.717, 1.165) is 11.1 Å². The monoisotopic (exact) mass is 260 g/mol. The summed E-state index contributed by atoms with van der Waals surface area (Å²) in [5.41, 5.74) is 7.75. The van der Waals surface area contributed by atoms with Crippen LogP contribution in [0.1, 0.15) is 28.4 Å². The molecule has 0 atom stereocenters. The first-order valence-electron chi connectivity index (χ1n) is 6.34. The third-order valence-corrected chi connectivity index (χ3v) is 2.41.